The Morgan fingerprint density at radius 1 is 1.25 bits per heavy atom. The summed E-state index contributed by atoms with van der Waals surface area (Å²) in [6.45, 7) is 4.06. The number of hydrazone groups is 2. The van der Waals surface area contributed by atoms with E-state index in [4.69, 9.17) is 14.9 Å². The van der Waals surface area contributed by atoms with Gasteiger partial charge in [0.1, 0.15) is 6.17 Å². The second-order valence-corrected chi connectivity index (χ2v) is 7.44. The van der Waals surface area contributed by atoms with Crippen LogP contribution in [0.15, 0.2) is 73.7 Å². The molecule has 0 saturated heterocycles. The smallest absolute Gasteiger partial charge is 0.191 e. The molecule has 0 radical (unpaired) electrons. The molecule has 1 unspecified atom stereocenters. The van der Waals surface area contributed by atoms with Crippen molar-refractivity contribution in [2.75, 3.05) is 14.2 Å². The standard InChI is InChI=1S/C21H27N5OS/c1-5-13-28-18(6-2)17-10-8-11-19-24-25(3)21(26(19)23-17)14-16-9-7-12-20(27-4)22-15-16/h5-10,13,15,21H,11-12,14H2,1-4H3/b13-5-,18-6-. The number of aliphatic imine (C=N–C) groups is 1. The highest BCUT2D eigenvalue weighted by Crippen LogP contribution is 2.28. The number of methoxy groups -OCH3 is 1. The van der Waals surface area contributed by atoms with Gasteiger partial charge < -0.3 is 4.74 Å². The molecule has 3 aliphatic heterocycles. The van der Waals surface area contributed by atoms with Crippen molar-refractivity contribution in [3.63, 3.8) is 0 Å². The molecule has 0 aromatic carbocycles. The zero-order valence-corrected chi connectivity index (χ0v) is 17.7. The van der Waals surface area contributed by atoms with Gasteiger partial charge in [-0.2, -0.15) is 10.2 Å². The molecule has 0 bridgehead atoms. The van der Waals surface area contributed by atoms with Crippen molar-refractivity contribution in [1.82, 2.24) is 10.0 Å². The van der Waals surface area contributed by atoms with Gasteiger partial charge in [0, 0.05) is 37.4 Å². The van der Waals surface area contributed by atoms with Crippen molar-refractivity contribution in [3.05, 3.63) is 58.5 Å². The number of hydrogen-bond acceptors (Lipinski definition) is 7. The number of ether oxygens (including phenoxy) is 1. The van der Waals surface area contributed by atoms with Crippen molar-refractivity contribution >= 4 is 29.2 Å². The lowest BCUT2D eigenvalue weighted by Crippen LogP contribution is -2.37. The summed E-state index contributed by atoms with van der Waals surface area (Å²) in [5, 5.41) is 15.8. The van der Waals surface area contributed by atoms with Gasteiger partial charge in [-0.3, -0.25) is 5.01 Å². The predicted molar refractivity (Wildman–Crippen MR) is 119 cm³/mol. The van der Waals surface area contributed by atoms with Crippen LogP contribution in [0.1, 0.15) is 33.1 Å². The SMILES string of the molecule is C/C=C\S/C(=C\C)C1=NN2C(=NN(C)C2CC2=CN=C(OC)CC=C2)CC=C1. The maximum Gasteiger partial charge on any atom is 0.191 e. The molecule has 3 aliphatic rings. The van der Waals surface area contributed by atoms with E-state index in [1.807, 2.05) is 38.2 Å². The fourth-order valence-electron chi connectivity index (χ4n) is 3.11. The van der Waals surface area contributed by atoms with Crippen molar-refractivity contribution < 1.29 is 4.74 Å². The van der Waals surface area contributed by atoms with Gasteiger partial charge in [-0.1, -0.05) is 42.1 Å². The van der Waals surface area contributed by atoms with E-state index in [2.05, 4.69) is 45.8 Å². The third-order valence-electron chi connectivity index (χ3n) is 4.54. The molecular formula is C21H27N5OS. The summed E-state index contributed by atoms with van der Waals surface area (Å²) in [7, 11) is 3.66. The van der Waals surface area contributed by atoms with E-state index in [-0.39, 0.29) is 6.17 Å². The van der Waals surface area contributed by atoms with Crippen LogP contribution in [0.4, 0.5) is 0 Å². The van der Waals surface area contributed by atoms with E-state index in [9.17, 15) is 0 Å². The van der Waals surface area contributed by atoms with Gasteiger partial charge >= 0.3 is 0 Å². The van der Waals surface area contributed by atoms with E-state index in [1.165, 1.54) is 0 Å². The number of amidine groups is 1. The summed E-state index contributed by atoms with van der Waals surface area (Å²) in [5.41, 5.74) is 2.09. The van der Waals surface area contributed by atoms with Crippen LogP contribution in [0.5, 0.6) is 0 Å². The van der Waals surface area contributed by atoms with Gasteiger partial charge in [-0.15, -0.1) is 0 Å². The number of hydrogen-bond donors (Lipinski definition) is 0. The minimum atomic E-state index is 0.0184. The van der Waals surface area contributed by atoms with Gasteiger partial charge in [0.25, 0.3) is 0 Å². The predicted octanol–water partition coefficient (Wildman–Crippen LogP) is 4.64. The highest BCUT2D eigenvalue weighted by molar-refractivity contribution is 8.06. The molecule has 0 N–H and O–H groups in total. The van der Waals surface area contributed by atoms with Crippen molar-refractivity contribution in [2.45, 2.75) is 39.3 Å². The van der Waals surface area contributed by atoms with Gasteiger partial charge in [0.05, 0.1) is 12.8 Å². The average Bonchev–Trinajstić information content (AvgIpc) is 2.90. The van der Waals surface area contributed by atoms with E-state index >= 15 is 0 Å². The largest absolute Gasteiger partial charge is 0.484 e. The average molecular weight is 398 g/mol. The minimum absolute atomic E-state index is 0.0184. The third kappa shape index (κ3) is 4.65. The van der Waals surface area contributed by atoms with E-state index in [1.54, 1.807) is 18.9 Å². The quantitative estimate of drug-likeness (QED) is 0.678. The van der Waals surface area contributed by atoms with E-state index < -0.39 is 0 Å². The normalized spacial score (nSPS) is 22.4. The van der Waals surface area contributed by atoms with Crippen LogP contribution in [0.25, 0.3) is 0 Å². The summed E-state index contributed by atoms with van der Waals surface area (Å²) < 4.78 is 5.26. The lowest BCUT2D eigenvalue weighted by molar-refractivity contribution is 0.163. The van der Waals surface area contributed by atoms with Crippen molar-refractivity contribution in [1.29, 1.82) is 0 Å². The first-order chi connectivity index (χ1) is 13.7. The fraction of sp³-hybridized carbons (Fsp3) is 0.381. The summed E-state index contributed by atoms with van der Waals surface area (Å²) in [5.74, 6) is 1.69. The van der Waals surface area contributed by atoms with Crippen LogP contribution in [0.2, 0.25) is 0 Å². The molecule has 6 nitrogen and oxygen atoms in total. The molecule has 28 heavy (non-hydrogen) atoms. The molecule has 0 spiro atoms. The molecule has 0 fully saturated rings. The van der Waals surface area contributed by atoms with Crippen LogP contribution >= 0.6 is 11.8 Å². The molecular weight excluding hydrogens is 370 g/mol. The molecule has 148 valence electrons. The molecule has 0 aromatic rings. The molecule has 3 heterocycles. The maximum atomic E-state index is 5.26. The molecule has 3 rings (SSSR count). The first-order valence-electron chi connectivity index (χ1n) is 9.41. The Morgan fingerprint density at radius 2 is 2.07 bits per heavy atom. The van der Waals surface area contributed by atoms with Crippen LogP contribution in [-0.2, 0) is 4.74 Å². The van der Waals surface area contributed by atoms with E-state index in [0.717, 1.165) is 40.8 Å². The Hall–Kier alpha value is -2.54. The van der Waals surface area contributed by atoms with Gasteiger partial charge in [0.15, 0.2) is 11.7 Å². The van der Waals surface area contributed by atoms with Crippen LogP contribution in [0.3, 0.4) is 0 Å². The lowest BCUT2D eigenvalue weighted by atomic mass is 10.1. The Kier molecular flexibility index (Phi) is 6.92. The first kappa shape index (κ1) is 20.2. The van der Waals surface area contributed by atoms with Crippen molar-refractivity contribution in [3.8, 4) is 0 Å². The molecule has 0 aromatic heterocycles. The monoisotopic (exact) mass is 397 g/mol. The minimum Gasteiger partial charge on any atom is -0.484 e. The fourth-order valence-corrected chi connectivity index (χ4v) is 3.75. The van der Waals surface area contributed by atoms with Gasteiger partial charge in [-0.25, -0.2) is 10.0 Å². The summed E-state index contributed by atoms with van der Waals surface area (Å²) in [6.07, 6.45) is 16.7. The number of thioether (sulfide) groups is 1. The van der Waals surface area contributed by atoms with E-state index in [0.29, 0.717) is 6.42 Å². The van der Waals surface area contributed by atoms with Crippen LogP contribution < -0.4 is 0 Å². The number of fused-ring (bicyclic) bond motifs is 1. The number of nitrogens with zero attached hydrogens (tertiary/aromatic N) is 5. The summed E-state index contributed by atoms with van der Waals surface area (Å²) in [4.78, 5) is 5.56. The Morgan fingerprint density at radius 3 is 2.82 bits per heavy atom. The highest BCUT2D eigenvalue weighted by Gasteiger charge is 2.33. The molecule has 0 aliphatic carbocycles. The number of allylic oxidation sites excluding steroid dienone is 5. The Bertz CT molecular complexity index is 832. The summed E-state index contributed by atoms with van der Waals surface area (Å²) >= 11 is 1.68. The Balaban J connectivity index is 1.85. The molecule has 0 saturated carbocycles. The first-order valence-corrected chi connectivity index (χ1v) is 10.3. The molecule has 0 amide bonds. The van der Waals surface area contributed by atoms with Gasteiger partial charge in [0.2, 0.25) is 0 Å². The van der Waals surface area contributed by atoms with Crippen molar-refractivity contribution in [2.24, 2.45) is 15.2 Å². The molecule has 7 heteroatoms. The maximum absolute atomic E-state index is 5.26. The van der Waals surface area contributed by atoms with Crippen LogP contribution in [0, 0.1) is 0 Å². The summed E-state index contributed by atoms with van der Waals surface area (Å²) in [6, 6.07) is 0. The second kappa shape index (κ2) is 9.59. The lowest BCUT2D eigenvalue weighted by Gasteiger charge is -2.26. The zero-order chi connectivity index (χ0) is 19.9. The van der Waals surface area contributed by atoms with Crippen LogP contribution in [-0.4, -0.2) is 47.8 Å². The second-order valence-electron chi connectivity index (χ2n) is 6.49. The zero-order valence-electron chi connectivity index (χ0n) is 16.9. The molecule has 1 atom stereocenters. The number of rotatable bonds is 5. The Labute approximate surface area is 171 Å². The topological polar surface area (TPSA) is 52.8 Å². The highest BCUT2D eigenvalue weighted by atomic mass is 32.2. The third-order valence-corrected chi connectivity index (χ3v) is 5.65. The van der Waals surface area contributed by atoms with Gasteiger partial charge in [-0.05, 0) is 30.9 Å².